The normalized spacial score (nSPS) is 15.8. The molecule has 0 atom stereocenters. The van der Waals surface area contributed by atoms with Crippen LogP contribution in [0.4, 0.5) is 0 Å². The van der Waals surface area contributed by atoms with Gasteiger partial charge in [-0.25, -0.2) is 0 Å². The summed E-state index contributed by atoms with van der Waals surface area (Å²) >= 11 is 0. The van der Waals surface area contributed by atoms with Crippen molar-refractivity contribution < 1.29 is 4.52 Å². The van der Waals surface area contributed by atoms with Gasteiger partial charge in [0.1, 0.15) is 0 Å². The van der Waals surface area contributed by atoms with E-state index in [4.69, 9.17) is 9.62 Å². The molecule has 0 fully saturated rings. The van der Waals surface area contributed by atoms with E-state index in [1.165, 1.54) is 11.3 Å². The minimum absolute atomic E-state index is 0.149. The molecule has 0 saturated heterocycles. The third kappa shape index (κ3) is 2.67. The Morgan fingerprint density at radius 3 is 2.96 bits per heavy atom. The zero-order valence-electron chi connectivity index (χ0n) is 15.6. The summed E-state index contributed by atoms with van der Waals surface area (Å²) in [5.74, 6) is 0.836. The first-order valence-corrected chi connectivity index (χ1v) is 9.01. The first-order chi connectivity index (χ1) is 12.4. The van der Waals surface area contributed by atoms with Crippen LogP contribution in [0.15, 0.2) is 21.6 Å². The summed E-state index contributed by atoms with van der Waals surface area (Å²) in [6.07, 6.45) is 4.66. The van der Waals surface area contributed by atoms with Gasteiger partial charge in [-0.15, -0.1) is 0 Å². The Morgan fingerprint density at radius 2 is 2.19 bits per heavy atom. The van der Waals surface area contributed by atoms with Gasteiger partial charge < -0.3 is 9.51 Å². The molecule has 0 bridgehead atoms. The van der Waals surface area contributed by atoms with Gasteiger partial charge in [0, 0.05) is 35.1 Å². The molecule has 0 spiro atoms. The number of pyridine rings is 1. The fourth-order valence-electron chi connectivity index (χ4n) is 3.66. The SMILES string of the molecule is CCn1nc(-c2nc(-c3cc[nH]c(=O)c3C)no2)c2c1CC(C)(C)CC2. The van der Waals surface area contributed by atoms with Crippen molar-refractivity contribution in [3.05, 3.63) is 39.4 Å². The summed E-state index contributed by atoms with van der Waals surface area (Å²) in [5, 5.41) is 8.83. The van der Waals surface area contributed by atoms with Gasteiger partial charge in [0.05, 0.1) is 0 Å². The predicted molar refractivity (Wildman–Crippen MR) is 97.8 cm³/mol. The highest BCUT2D eigenvalue weighted by molar-refractivity contribution is 5.62. The number of nitrogens with one attached hydrogen (secondary N) is 1. The molecule has 0 radical (unpaired) electrons. The molecule has 3 aromatic rings. The number of hydrogen-bond acceptors (Lipinski definition) is 5. The molecule has 136 valence electrons. The molecule has 3 aromatic heterocycles. The second-order valence-electron chi connectivity index (χ2n) is 7.70. The van der Waals surface area contributed by atoms with Crippen LogP contribution in [0.25, 0.3) is 23.0 Å². The van der Waals surface area contributed by atoms with Gasteiger partial charge in [0.25, 0.3) is 11.4 Å². The average Bonchev–Trinajstić information content (AvgIpc) is 3.20. The standard InChI is InChI=1S/C19H23N5O2/c1-5-24-14-10-19(3,4)8-6-13(14)15(22-24)18-21-16(23-26-18)12-7-9-20-17(25)11(12)2/h7,9H,5-6,8,10H2,1-4H3,(H,20,25). The van der Waals surface area contributed by atoms with Crippen molar-refractivity contribution in [1.82, 2.24) is 24.9 Å². The molecule has 0 aromatic carbocycles. The summed E-state index contributed by atoms with van der Waals surface area (Å²) in [4.78, 5) is 19.0. The van der Waals surface area contributed by atoms with Gasteiger partial charge in [-0.3, -0.25) is 9.48 Å². The van der Waals surface area contributed by atoms with E-state index < -0.39 is 0 Å². The van der Waals surface area contributed by atoms with Crippen molar-refractivity contribution in [3.8, 4) is 23.0 Å². The summed E-state index contributed by atoms with van der Waals surface area (Å²) in [7, 11) is 0. The molecule has 0 unspecified atom stereocenters. The molecule has 1 N–H and O–H groups in total. The molecule has 7 nitrogen and oxygen atoms in total. The topological polar surface area (TPSA) is 89.6 Å². The number of hydrogen-bond donors (Lipinski definition) is 1. The summed E-state index contributed by atoms with van der Waals surface area (Å²) in [6, 6.07) is 1.79. The van der Waals surface area contributed by atoms with Crippen LogP contribution in [0.2, 0.25) is 0 Å². The minimum atomic E-state index is -0.149. The Hall–Kier alpha value is -2.70. The number of nitrogens with zero attached hydrogens (tertiary/aromatic N) is 4. The quantitative estimate of drug-likeness (QED) is 0.781. The Balaban J connectivity index is 1.79. The molecular weight excluding hydrogens is 330 g/mol. The van der Waals surface area contributed by atoms with Crippen molar-refractivity contribution >= 4 is 0 Å². The van der Waals surface area contributed by atoms with Crippen LogP contribution in [-0.2, 0) is 19.4 Å². The molecule has 4 rings (SSSR count). The van der Waals surface area contributed by atoms with E-state index in [2.05, 4.69) is 35.9 Å². The largest absolute Gasteiger partial charge is 0.332 e. The maximum atomic E-state index is 11.8. The second-order valence-corrected chi connectivity index (χ2v) is 7.70. The van der Waals surface area contributed by atoms with E-state index in [0.717, 1.165) is 31.5 Å². The second kappa shape index (κ2) is 5.93. The van der Waals surface area contributed by atoms with E-state index >= 15 is 0 Å². The Morgan fingerprint density at radius 1 is 1.38 bits per heavy atom. The van der Waals surface area contributed by atoms with Crippen LogP contribution in [0.5, 0.6) is 0 Å². The maximum absolute atomic E-state index is 11.8. The summed E-state index contributed by atoms with van der Waals surface area (Å²) in [6.45, 7) is 9.25. The summed E-state index contributed by atoms with van der Waals surface area (Å²) in [5.41, 5.74) is 4.63. The molecule has 0 amide bonds. The zero-order valence-corrected chi connectivity index (χ0v) is 15.6. The van der Waals surface area contributed by atoms with Crippen LogP contribution >= 0.6 is 0 Å². The van der Waals surface area contributed by atoms with Crippen LogP contribution in [0.3, 0.4) is 0 Å². The highest BCUT2D eigenvalue weighted by Crippen LogP contribution is 2.39. The number of rotatable bonds is 3. The number of H-pyrrole nitrogens is 1. The van der Waals surface area contributed by atoms with Gasteiger partial charge in [0.15, 0.2) is 5.69 Å². The van der Waals surface area contributed by atoms with E-state index in [1.54, 1.807) is 19.2 Å². The van der Waals surface area contributed by atoms with E-state index in [0.29, 0.717) is 22.8 Å². The van der Waals surface area contributed by atoms with Crippen molar-refractivity contribution in [2.24, 2.45) is 5.41 Å². The molecule has 3 heterocycles. The lowest BCUT2D eigenvalue weighted by Gasteiger charge is -2.30. The molecular formula is C19H23N5O2. The highest BCUT2D eigenvalue weighted by atomic mass is 16.5. The molecule has 7 heteroatoms. The van der Waals surface area contributed by atoms with Gasteiger partial charge in [-0.05, 0) is 44.6 Å². The minimum Gasteiger partial charge on any atom is -0.332 e. The van der Waals surface area contributed by atoms with Crippen LogP contribution in [0, 0.1) is 12.3 Å². The third-order valence-corrected chi connectivity index (χ3v) is 5.24. The third-order valence-electron chi connectivity index (χ3n) is 5.24. The Labute approximate surface area is 151 Å². The highest BCUT2D eigenvalue weighted by Gasteiger charge is 2.32. The maximum Gasteiger partial charge on any atom is 0.279 e. The van der Waals surface area contributed by atoms with Crippen molar-refractivity contribution in [1.29, 1.82) is 0 Å². The lowest BCUT2D eigenvalue weighted by atomic mass is 9.76. The number of fused-ring (bicyclic) bond motifs is 1. The van der Waals surface area contributed by atoms with Gasteiger partial charge in [0.2, 0.25) is 5.82 Å². The van der Waals surface area contributed by atoms with E-state index in [1.807, 2.05) is 4.68 Å². The number of aromatic nitrogens is 5. The number of aryl methyl sites for hydroxylation is 1. The molecule has 26 heavy (non-hydrogen) atoms. The molecule has 0 saturated carbocycles. The average molecular weight is 353 g/mol. The van der Waals surface area contributed by atoms with E-state index in [-0.39, 0.29) is 11.0 Å². The number of aromatic amines is 1. The first kappa shape index (κ1) is 16.8. The zero-order chi connectivity index (χ0) is 18.5. The van der Waals surface area contributed by atoms with Crippen molar-refractivity contribution in [2.75, 3.05) is 0 Å². The van der Waals surface area contributed by atoms with Gasteiger partial charge in [-0.1, -0.05) is 19.0 Å². The van der Waals surface area contributed by atoms with Crippen molar-refractivity contribution in [3.63, 3.8) is 0 Å². The lowest BCUT2D eigenvalue weighted by molar-refractivity contribution is 0.304. The first-order valence-electron chi connectivity index (χ1n) is 9.01. The Bertz CT molecular complexity index is 1020. The smallest absolute Gasteiger partial charge is 0.279 e. The molecule has 1 aliphatic rings. The van der Waals surface area contributed by atoms with Crippen LogP contribution in [0.1, 0.15) is 44.0 Å². The predicted octanol–water partition coefficient (Wildman–Crippen LogP) is 3.13. The molecule has 1 aliphatic carbocycles. The molecule has 0 aliphatic heterocycles. The van der Waals surface area contributed by atoms with Crippen molar-refractivity contribution in [2.45, 2.75) is 53.5 Å². The monoisotopic (exact) mass is 353 g/mol. The van der Waals surface area contributed by atoms with Gasteiger partial charge in [-0.2, -0.15) is 10.1 Å². The van der Waals surface area contributed by atoms with Gasteiger partial charge >= 0.3 is 0 Å². The van der Waals surface area contributed by atoms with Crippen LogP contribution < -0.4 is 5.56 Å². The Kier molecular flexibility index (Phi) is 3.82. The summed E-state index contributed by atoms with van der Waals surface area (Å²) < 4.78 is 7.58. The lowest BCUT2D eigenvalue weighted by Crippen LogP contribution is -2.24. The fourth-order valence-corrected chi connectivity index (χ4v) is 3.66. The fraction of sp³-hybridized carbons (Fsp3) is 0.474. The van der Waals surface area contributed by atoms with Crippen LogP contribution in [-0.4, -0.2) is 24.9 Å². The van der Waals surface area contributed by atoms with E-state index in [9.17, 15) is 4.79 Å².